The average Bonchev–Trinajstić information content (AvgIpc) is 3.01. The summed E-state index contributed by atoms with van der Waals surface area (Å²) in [6.45, 7) is 14.8. The van der Waals surface area contributed by atoms with Crippen molar-refractivity contribution < 1.29 is 53.0 Å². The van der Waals surface area contributed by atoms with Crippen LogP contribution in [0.15, 0.2) is 11.8 Å². The Labute approximate surface area is 302 Å². The monoisotopic (exact) mass is 729 g/mol. The van der Waals surface area contributed by atoms with Crippen LogP contribution in [0.2, 0.25) is 0 Å². The van der Waals surface area contributed by atoms with Crippen LogP contribution in [0, 0.1) is 5.92 Å². The molecule has 0 aromatic carbocycles. The SMILES string of the molecule is C[C@@H]1CO[C@H](O[C@@H]2[C@@H](O)[C@H](O[C@@H]3CCC=C(CNCCCN)O3)[C@@H](NC(=O)OC(C)(C)C)C[C@H]2NC(=O)CCCNC(=O)OC(C)(C)C)[C@H](O)C1. The molecule has 1 saturated carbocycles. The zero-order valence-corrected chi connectivity index (χ0v) is 31.4. The van der Waals surface area contributed by atoms with Crippen molar-refractivity contribution in [3.8, 4) is 0 Å². The van der Waals surface area contributed by atoms with Gasteiger partial charge in [-0.15, -0.1) is 0 Å². The number of carbonyl (C=O) groups is 3. The van der Waals surface area contributed by atoms with Crippen LogP contribution in [0.25, 0.3) is 0 Å². The highest BCUT2D eigenvalue weighted by atomic mass is 16.7. The molecular weight excluding hydrogens is 666 g/mol. The summed E-state index contributed by atoms with van der Waals surface area (Å²) in [5.41, 5.74) is 4.15. The molecular formula is C35H63N5O11. The van der Waals surface area contributed by atoms with E-state index in [-0.39, 0.29) is 31.2 Å². The summed E-state index contributed by atoms with van der Waals surface area (Å²) in [4.78, 5) is 38.3. The predicted octanol–water partition coefficient (Wildman–Crippen LogP) is 1.91. The molecule has 0 aromatic heterocycles. The highest BCUT2D eigenvalue weighted by molar-refractivity contribution is 5.76. The zero-order chi connectivity index (χ0) is 37.8. The van der Waals surface area contributed by atoms with E-state index in [2.05, 4.69) is 21.3 Å². The Balaban J connectivity index is 1.79. The molecule has 2 aliphatic heterocycles. The number of nitrogens with one attached hydrogen (secondary N) is 4. The second-order valence-corrected chi connectivity index (χ2v) is 15.6. The fourth-order valence-corrected chi connectivity index (χ4v) is 6.06. The van der Waals surface area contributed by atoms with Gasteiger partial charge in [-0.1, -0.05) is 6.92 Å². The number of rotatable bonds is 15. The van der Waals surface area contributed by atoms with Crippen molar-refractivity contribution in [2.24, 2.45) is 11.7 Å². The van der Waals surface area contributed by atoms with Gasteiger partial charge in [0.05, 0.1) is 25.2 Å². The molecule has 1 aliphatic carbocycles. The van der Waals surface area contributed by atoms with Crippen LogP contribution in [-0.4, -0.2) is 121 Å². The minimum absolute atomic E-state index is 0.0453. The number of hydrogen-bond acceptors (Lipinski definition) is 13. The molecule has 1 saturated heterocycles. The van der Waals surface area contributed by atoms with Crippen LogP contribution < -0.4 is 27.0 Å². The second-order valence-electron chi connectivity index (χ2n) is 15.6. The van der Waals surface area contributed by atoms with E-state index >= 15 is 0 Å². The van der Waals surface area contributed by atoms with Crippen LogP contribution in [-0.2, 0) is 33.2 Å². The number of allylic oxidation sites excluding steroid dienone is 1. The molecule has 9 atom stereocenters. The number of aliphatic hydroxyl groups excluding tert-OH is 2. The molecule has 16 heteroatoms. The summed E-state index contributed by atoms with van der Waals surface area (Å²) in [6.07, 6.45) is -2.78. The number of hydrogen-bond donors (Lipinski definition) is 7. The summed E-state index contributed by atoms with van der Waals surface area (Å²) in [6, 6.07) is -1.68. The highest BCUT2D eigenvalue weighted by Gasteiger charge is 2.50. The van der Waals surface area contributed by atoms with Gasteiger partial charge in [-0.25, -0.2) is 9.59 Å². The summed E-state index contributed by atoms with van der Waals surface area (Å²) in [7, 11) is 0. The molecule has 3 rings (SSSR count). The van der Waals surface area contributed by atoms with Crippen molar-refractivity contribution in [2.45, 2.75) is 154 Å². The van der Waals surface area contributed by atoms with Gasteiger partial charge in [0.2, 0.25) is 5.91 Å². The summed E-state index contributed by atoms with van der Waals surface area (Å²) in [5.74, 6) is 0.431. The maximum Gasteiger partial charge on any atom is 0.407 e. The fraction of sp³-hybridized carbons (Fsp3) is 0.857. The Morgan fingerprint density at radius 3 is 2.25 bits per heavy atom. The van der Waals surface area contributed by atoms with E-state index in [1.54, 1.807) is 41.5 Å². The summed E-state index contributed by atoms with van der Waals surface area (Å²) >= 11 is 0. The van der Waals surface area contributed by atoms with Crippen molar-refractivity contribution >= 4 is 18.1 Å². The number of ether oxygens (including phenoxy) is 6. The van der Waals surface area contributed by atoms with Gasteiger partial charge in [0.1, 0.15) is 41.4 Å². The molecule has 294 valence electrons. The first-order chi connectivity index (χ1) is 23.9. The summed E-state index contributed by atoms with van der Waals surface area (Å²) in [5, 5.41) is 34.5. The molecule has 3 aliphatic rings. The molecule has 16 nitrogen and oxygen atoms in total. The maximum atomic E-state index is 13.3. The normalized spacial score (nSPS) is 30.0. The first-order valence-corrected chi connectivity index (χ1v) is 18.2. The van der Waals surface area contributed by atoms with Crippen molar-refractivity contribution in [3.05, 3.63) is 11.8 Å². The lowest BCUT2D eigenvalue weighted by molar-refractivity contribution is -0.283. The molecule has 0 radical (unpaired) electrons. The Morgan fingerprint density at radius 2 is 1.59 bits per heavy atom. The minimum atomic E-state index is -1.41. The van der Waals surface area contributed by atoms with Crippen LogP contribution in [0.4, 0.5) is 9.59 Å². The third-order valence-electron chi connectivity index (χ3n) is 8.29. The minimum Gasteiger partial charge on any atom is -0.468 e. The van der Waals surface area contributed by atoms with E-state index < -0.39 is 72.5 Å². The first kappa shape index (κ1) is 42.7. The molecule has 2 fully saturated rings. The van der Waals surface area contributed by atoms with Gasteiger partial charge in [-0.2, -0.15) is 0 Å². The lowest BCUT2D eigenvalue weighted by Gasteiger charge is -2.47. The van der Waals surface area contributed by atoms with Crippen molar-refractivity contribution in [2.75, 3.05) is 32.8 Å². The Hall–Kier alpha value is -2.73. The quantitative estimate of drug-likeness (QED) is 0.120. The third kappa shape index (κ3) is 15.4. The molecule has 0 aromatic rings. The van der Waals surface area contributed by atoms with E-state index in [1.165, 1.54) is 0 Å². The molecule has 2 heterocycles. The Kier molecular flexibility index (Phi) is 16.7. The van der Waals surface area contributed by atoms with E-state index in [4.69, 9.17) is 34.2 Å². The molecule has 0 spiro atoms. The standard InChI is InChI=1S/C35H63N5O11/c1-21-17-25(41)31(46-20-21)49-30-23(39-26(42)12-9-16-38-32(44)50-34(2,3)4)18-24(40-33(45)51-35(5,6)7)29(28(30)43)48-27-13-8-11-22(47-27)19-37-15-10-14-36/h11,21,23-25,27-31,37,41,43H,8-10,12-20,36H2,1-7H3,(H,38,44)(H,39,42)(H,40,45)/t21-,23+,24-,25+,27+,28-,29+,30-,31+/m0/s1. The lowest BCUT2D eigenvalue weighted by Crippen LogP contribution is -2.67. The van der Waals surface area contributed by atoms with Crippen molar-refractivity contribution in [1.29, 1.82) is 0 Å². The zero-order valence-electron chi connectivity index (χ0n) is 31.4. The smallest absolute Gasteiger partial charge is 0.407 e. The Bertz CT molecular complexity index is 1140. The van der Waals surface area contributed by atoms with Gasteiger partial charge < -0.3 is 65.6 Å². The number of nitrogens with two attached hydrogens (primary N) is 1. The lowest BCUT2D eigenvalue weighted by atomic mass is 9.83. The topological polar surface area (TPSA) is 221 Å². The number of aliphatic hydroxyl groups is 2. The molecule has 0 bridgehead atoms. The largest absolute Gasteiger partial charge is 0.468 e. The number of amides is 3. The van der Waals surface area contributed by atoms with Crippen LogP contribution in [0.1, 0.15) is 93.4 Å². The van der Waals surface area contributed by atoms with Gasteiger partial charge >= 0.3 is 12.2 Å². The van der Waals surface area contributed by atoms with E-state index in [0.717, 1.165) is 13.0 Å². The van der Waals surface area contributed by atoms with Gasteiger partial charge in [-0.05, 0) is 98.7 Å². The average molecular weight is 730 g/mol. The first-order valence-electron chi connectivity index (χ1n) is 18.2. The molecule has 0 unspecified atom stereocenters. The third-order valence-corrected chi connectivity index (χ3v) is 8.29. The van der Waals surface area contributed by atoms with Gasteiger partial charge in [-0.3, -0.25) is 4.79 Å². The maximum absolute atomic E-state index is 13.3. The second kappa shape index (κ2) is 19.9. The molecule has 51 heavy (non-hydrogen) atoms. The van der Waals surface area contributed by atoms with Gasteiger partial charge in [0.15, 0.2) is 12.6 Å². The van der Waals surface area contributed by atoms with Crippen LogP contribution in [0.5, 0.6) is 0 Å². The number of alkyl carbamates (subject to hydrolysis) is 2. The predicted molar refractivity (Wildman–Crippen MR) is 187 cm³/mol. The molecule has 3 amide bonds. The van der Waals surface area contributed by atoms with Crippen molar-refractivity contribution in [1.82, 2.24) is 21.3 Å². The molecule has 8 N–H and O–H groups in total. The van der Waals surface area contributed by atoms with E-state index in [1.807, 2.05) is 13.0 Å². The van der Waals surface area contributed by atoms with Gasteiger partial charge in [0.25, 0.3) is 0 Å². The Morgan fingerprint density at radius 1 is 0.922 bits per heavy atom. The highest BCUT2D eigenvalue weighted by Crippen LogP contribution is 2.32. The van der Waals surface area contributed by atoms with E-state index in [9.17, 15) is 24.6 Å². The van der Waals surface area contributed by atoms with Gasteiger partial charge in [0, 0.05) is 19.4 Å². The fourth-order valence-electron chi connectivity index (χ4n) is 6.06. The number of carbonyl (C=O) groups excluding carboxylic acids is 3. The van der Waals surface area contributed by atoms with Crippen molar-refractivity contribution in [3.63, 3.8) is 0 Å². The van der Waals surface area contributed by atoms with Crippen LogP contribution >= 0.6 is 0 Å². The van der Waals surface area contributed by atoms with E-state index in [0.29, 0.717) is 51.1 Å². The van der Waals surface area contributed by atoms with Crippen LogP contribution in [0.3, 0.4) is 0 Å². The summed E-state index contributed by atoms with van der Waals surface area (Å²) < 4.78 is 35.4.